The summed E-state index contributed by atoms with van der Waals surface area (Å²) in [7, 11) is 0. The van der Waals surface area contributed by atoms with Crippen molar-refractivity contribution in [3.05, 3.63) is 35.9 Å². The first-order valence-electron chi connectivity index (χ1n) is 9.93. The van der Waals surface area contributed by atoms with Crippen molar-refractivity contribution in [2.75, 3.05) is 6.54 Å². The summed E-state index contributed by atoms with van der Waals surface area (Å²) in [5.41, 5.74) is 1.11. The number of carbonyl (C=O) groups excluding carboxylic acids is 1. The van der Waals surface area contributed by atoms with E-state index in [0.29, 0.717) is 12.3 Å². The van der Waals surface area contributed by atoms with Crippen LogP contribution in [0.1, 0.15) is 63.5 Å². The highest BCUT2D eigenvalue weighted by Crippen LogP contribution is 2.39. The Bertz CT molecular complexity index is 619. The van der Waals surface area contributed by atoms with E-state index >= 15 is 0 Å². The number of likely N-dealkylation sites (tertiary alicyclic amines) is 1. The predicted molar refractivity (Wildman–Crippen MR) is 101 cm³/mol. The standard InChI is InChI=1S/C21H30N2O3/c1-2-8-17(15-9-4-3-5-10-15)22-20(24)14-23-18-12-7-6-11-16(18)13-19(23)21(25)26/h3-5,9-10,16-19H,2,6-8,11-14H2,1H3,(H,22,24)(H,25,26). The van der Waals surface area contributed by atoms with Crippen LogP contribution in [0.2, 0.25) is 0 Å². The molecule has 1 heterocycles. The molecule has 2 fully saturated rings. The van der Waals surface area contributed by atoms with Crippen LogP contribution in [0.5, 0.6) is 0 Å². The van der Waals surface area contributed by atoms with Gasteiger partial charge >= 0.3 is 5.97 Å². The lowest BCUT2D eigenvalue weighted by atomic mass is 9.85. The number of aliphatic carboxylic acids is 1. The minimum Gasteiger partial charge on any atom is -0.480 e. The molecule has 5 nitrogen and oxygen atoms in total. The Kier molecular flexibility index (Phi) is 6.30. The second-order valence-corrected chi connectivity index (χ2v) is 7.69. The van der Waals surface area contributed by atoms with Gasteiger partial charge < -0.3 is 10.4 Å². The molecule has 4 atom stereocenters. The van der Waals surface area contributed by atoms with Gasteiger partial charge in [0.05, 0.1) is 12.6 Å². The Morgan fingerprint density at radius 3 is 2.65 bits per heavy atom. The first-order chi connectivity index (χ1) is 12.6. The molecular formula is C21H30N2O3. The SMILES string of the molecule is CCCC(NC(=O)CN1C(C(=O)O)CC2CCCCC21)c1ccccc1. The molecule has 0 bridgehead atoms. The van der Waals surface area contributed by atoms with E-state index < -0.39 is 12.0 Å². The van der Waals surface area contributed by atoms with Crippen molar-refractivity contribution in [1.29, 1.82) is 0 Å². The zero-order chi connectivity index (χ0) is 18.5. The molecule has 0 aromatic heterocycles. The van der Waals surface area contributed by atoms with Gasteiger partial charge in [0.25, 0.3) is 0 Å². The van der Waals surface area contributed by atoms with Gasteiger partial charge in [-0.15, -0.1) is 0 Å². The van der Waals surface area contributed by atoms with E-state index in [-0.39, 0.29) is 24.5 Å². The Hall–Kier alpha value is -1.88. The third-order valence-electron chi connectivity index (χ3n) is 5.95. The average molecular weight is 358 g/mol. The molecule has 5 heteroatoms. The molecule has 2 N–H and O–H groups in total. The van der Waals surface area contributed by atoms with Gasteiger partial charge in [0.2, 0.25) is 5.91 Å². The first-order valence-corrected chi connectivity index (χ1v) is 9.93. The van der Waals surface area contributed by atoms with Crippen LogP contribution in [0.25, 0.3) is 0 Å². The van der Waals surface area contributed by atoms with E-state index in [1.165, 1.54) is 6.42 Å². The van der Waals surface area contributed by atoms with E-state index in [1.54, 1.807) is 0 Å². The largest absolute Gasteiger partial charge is 0.480 e. The van der Waals surface area contributed by atoms with Crippen LogP contribution in [0.3, 0.4) is 0 Å². The molecule has 1 aliphatic heterocycles. The fourth-order valence-electron chi connectivity index (χ4n) is 4.73. The van der Waals surface area contributed by atoms with Crippen molar-refractivity contribution >= 4 is 11.9 Å². The van der Waals surface area contributed by atoms with Gasteiger partial charge in [0.15, 0.2) is 0 Å². The monoisotopic (exact) mass is 358 g/mol. The van der Waals surface area contributed by atoms with Gasteiger partial charge in [-0.3, -0.25) is 14.5 Å². The molecule has 1 aromatic carbocycles. The first kappa shape index (κ1) is 18.9. The van der Waals surface area contributed by atoms with Crippen LogP contribution >= 0.6 is 0 Å². The molecule has 0 radical (unpaired) electrons. The van der Waals surface area contributed by atoms with Crippen LogP contribution < -0.4 is 5.32 Å². The second kappa shape index (κ2) is 8.67. The molecule has 1 aliphatic carbocycles. The van der Waals surface area contributed by atoms with Gasteiger partial charge in [0.1, 0.15) is 6.04 Å². The Morgan fingerprint density at radius 1 is 1.23 bits per heavy atom. The summed E-state index contributed by atoms with van der Waals surface area (Å²) in [6, 6.07) is 9.73. The third-order valence-corrected chi connectivity index (χ3v) is 5.95. The molecule has 1 aromatic rings. The zero-order valence-corrected chi connectivity index (χ0v) is 15.6. The molecule has 3 rings (SSSR count). The fourth-order valence-corrected chi connectivity index (χ4v) is 4.73. The van der Waals surface area contributed by atoms with Crippen molar-refractivity contribution in [2.45, 2.75) is 70.0 Å². The number of amides is 1. The van der Waals surface area contributed by atoms with Gasteiger partial charge in [-0.25, -0.2) is 0 Å². The Labute approximate surface area is 155 Å². The van der Waals surface area contributed by atoms with Crippen LogP contribution in [0, 0.1) is 5.92 Å². The van der Waals surface area contributed by atoms with Crippen LogP contribution in [0.4, 0.5) is 0 Å². The molecule has 0 spiro atoms. The number of benzene rings is 1. The van der Waals surface area contributed by atoms with E-state index in [4.69, 9.17) is 0 Å². The molecule has 1 saturated carbocycles. The molecule has 1 amide bonds. The van der Waals surface area contributed by atoms with E-state index in [1.807, 2.05) is 35.2 Å². The smallest absolute Gasteiger partial charge is 0.320 e. The molecular weight excluding hydrogens is 328 g/mol. The summed E-state index contributed by atoms with van der Waals surface area (Å²) in [6.07, 6.45) is 6.96. The zero-order valence-electron chi connectivity index (χ0n) is 15.6. The van der Waals surface area contributed by atoms with E-state index in [9.17, 15) is 14.7 Å². The third kappa shape index (κ3) is 4.26. The number of nitrogens with zero attached hydrogens (tertiary/aromatic N) is 1. The number of nitrogens with one attached hydrogen (secondary N) is 1. The van der Waals surface area contributed by atoms with Gasteiger partial charge in [-0.05, 0) is 37.2 Å². The molecule has 142 valence electrons. The number of hydrogen-bond donors (Lipinski definition) is 2. The molecule has 26 heavy (non-hydrogen) atoms. The van der Waals surface area contributed by atoms with Gasteiger partial charge in [-0.2, -0.15) is 0 Å². The highest BCUT2D eigenvalue weighted by atomic mass is 16.4. The predicted octanol–water partition coefficient (Wildman–Crippen LogP) is 3.36. The van der Waals surface area contributed by atoms with Crippen LogP contribution in [-0.2, 0) is 9.59 Å². The fraction of sp³-hybridized carbons (Fsp3) is 0.619. The summed E-state index contributed by atoms with van der Waals surface area (Å²) in [5.74, 6) is -0.427. The Morgan fingerprint density at radius 2 is 1.96 bits per heavy atom. The van der Waals surface area contributed by atoms with Crippen molar-refractivity contribution in [1.82, 2.24) is 10.2 Å². The quantitative estimate of drug-likeness (QED) is 0.784. The summed E-state index contributed by atoms with van der Waals surface area (Å²) in [4.78, 5) is 26.4. The lowest BCUT2D eigenvalue weighted by Crippen LogP contribution is -2.48. The maximum absolute atomic E-state index is 12.8. The lowest BCUT2D eigenvalue weighted by Gasteiger charge is -2.32. The number of carboxylic acid groups (broad SMARTS) is 1. The lowest BCUT2D eigenvalue weighted by molar-refractivity contribution is -0.143. The Balaban J connectivity index is 1.67. The van der Waals surface area contributed by atoms with Gasteiger partial charge in [-0.1, -0.05) is 56.5 Å². The maximum Gasteiger partial charge on any atom is 0.320 e. The average Bonchev–Trinajstić information content (AvgIpc) is 3.01. The maximum atomic E-state index is 12.8. The van der Waals surface area contributed by atoms with Crippen LogP contribution in [0.15, 0.2) is 30.3 Å². The summed E-state index contributed by atoms with van der Waals surface area (Å²) in [5, 5.41) is 12.8. The minimum absolute atomic E-state index is 0.0123. The minimum atomic E-state index is -0.791. The van der Waals surface area contributed by atoms with E-state index in [0.717, 1.165) is 37.7 Å². The number of hydrogen-bond acceptors (Lipinski definition) is 3. The molecule has 1 saturated heterocycles. The molecule has 2 aliphatic rings. The number of rotatable bonds is 7. The second-order valence-electron chi connectivity index (χ2n) is 7.69. The van der Waals surface area contributed by atoms with Crippen molar-refractivity contribution in [3.8, 4) is 0 Å². The molecule has 4 unspecified atom stereocenters. The van der Waals surface area contributed by atoms with Crippen molar-refractivity contribution in [2.24, 2.45) is 5.92 Å². The normalized spacial score (nSPS) is 26.9. The van der Waals surface area contributed by atoms with E-state index in [2.05, 4.69) is 12.2 Å². The van der Waals surface area contributed by atoms with Gasteiger partial charge in [0, 0.05) is 6.04 Å². The highest BCUT2D eigenvalue weighted by Gasteiger charge is 2.45. The highest BCUT2D eigenvalue weighted by molar-refractivity contribution is 5.80. The van der Waals surface area contributed by atoms with Crippen molar-refractivity contribution < 1.29 is 14.7 Å². The number of carbonyl (C=O) groups is 2. The number of carboxylic acids is 1. The summed E-state index contributed by atoms with van der Waals surface area (Å²) < 4.78 is 0. The summed E-state index contributed by atoms with van der Waals surface area (Å²) in [6.45, 7) is 2.29. The summed E-state index contributed by atoms with van der Waals surface area (Å²) >= 11 is 0. The van der Waals surface area contributed by atoms with Crippen molar-refractivity contribution in [3.63, 3.8) is 0 Å². The van der Waals surface area contributed by atoms with Crippen LogP contribution in [-0.4, -0.2) is 40.5 Å². The topological polar surface area (TPSA) is 69.6 Å². The number of fused-ring (bicyclic) bond motifs is 1.